The number of rotatable bonds is 10. The number of carboxylic acid groups (broad SMARTS) is 1. The van der Waals surface area contributed by atoms with Gasteiger partial charge in [0.25, 0.3) is 0 Å². The van der Waals surface area contributed by atoms with E-state index in [1.54, 1.807) is 12.1 Å². The molecule has 7 nitrogen and oxygen atoms in total. The van der Waals surface area contributed by atoms with Crippen molar-refractivity contribution in [2.45, 2.75) is 71.0 Å². The molecule has 3 aromatic rings. The number of carboxylic acids is 1. The average molecular weight is 499 g/mol. The van der Waals surface area contributed by atoms with Crippen LogP contribution in [-0.2, 0) is 17.5 Å². The number of fused-ring (bicyclic) bond motifs is 1. The van der Waals surface area contributed by atoms with Gasteiger partial charge in [-0.05, 0) is 72.9 Å². The molecule has 0 aliphatic carbocycles. The lowest BCUT2D eigenvalue weighted by Crippen LogP contribution is -2.44. The smallest absolute Gasteiger partial charge is 0.352 e. The summed E-state index contributed by atoms with van der Waals surface area (Å²) in [5.74, 6) is -0.890. The molecule has 0 unspecified atom stereocenters. The van der Waals surface area contributed by atoms with Gasteiger partial charge in [-0.25, -0.2) is 4.79 Å². The van der Waals surface area contributed by atoms with Crippen LogP contribution in [-0.4, -0.2) is 47.2 Å². The Balaban J connectivity index is 1.76. The Morgan fingerprint density at radius 3 is 2.49 bits per heavy atom. The summed E-state index contributed by atoms with van der Waals surface area (Å²) in [6.07, 6.45) is 0.544. The number of H-pyrrole nitrogens is 1. The fraction of sp³-hybridized carbons (Fsp3) is 0.444. The third-order valence-corrected chi connectivity index (χ3v) is 11.5. The standard InChI is InChI=1S/C27H38N2O5Si/c1-17(11-18-7-9-22-20(12-18)14-23(29-22)26(32)33)28-15-25(34-35(5,6)27(2,3)4)19-8-10-24(31)21(13-19)16-30/h7-10,12-14,17,25,28-31H,11,15-16H2,1-6H3,(H,32,33)/t17-,25+/m1/s1. The van der Waals surface area contributed by atoms with Crippen molar-refractivity contribution in [1.82, 2.24) is 10.3 Å². The first-order chi connectivity index (χ1) is 16.3. The molecule has 3 rings (SSSR count). The number of hydrogen-bond donors (Lipinski definition) is 5. The van der Waals surface area contributed by atoms with Gasteiger partial charge in [0, 0.05) is 29.1 Å². The van der Waals surface area contributed by atoms with Crippen LogP contribution < -0.4 is 5.32 Å². The third kappa shape index (κ3) is 6.52. The Morgan fingerprint density at radius 1 is 1.14 bits per heavy atom. The van der Waals surface area contributed by atoms with Gasteiger partial charge in [-0.1, -0.05) is 32.9 Å². The van der Waals surface area contributed by atoms with E-state index in [9.17, 15) is 20.1 Å². The zero-order chi connectivity index (χ0) is 26.0. The van der Waals surface area contributed by atoms with E-state index in [4.69, 9.17) is 4.43 Å². The quantitative estimate of drug-likeness (QED) is 0.241. The second-order valence-electron chi connectivity index (χ2n) is 10.8. The number of carbonyl (C=O) groups is 1. The molecule has 0 spiro atoms. The van der Waals surface area contributed by atoms with Gasteiger partial charge in [0.2, 0.25) is 0 Å². The summed E-state index contributed by atoms with van der Waals surface area (Å²) in [4.78, 5) is 14.2. The Kier molecular flexibility index (Phi) is 8.11. The normalized spacial score (nSPS) is 14.3. The summed E-state index contributed by atoms with van der Waals surface area (Å²) in [7, 11) is -2.09. The summed E-state index contributed by atoms with van der Waals surface area (Å²) < 4.78 is 6.76. The van der Waals surface area contributed by atoms with E-state index in [2.05, 4.69) is 51.1 Å². The van der Waals surface area contributed by atoms with E-state index in [1.165, 1.54) is 0 Å². The second-order valence-corrected chi connectivity index (χ2v) is 15.6. The molecule has 2 atom stereocenters. The van der Waals surface area contributed by atoms with E-state index < -0.39 is 14.3 Å². The van der Waals surface area contributed by atoms with Crippen molar-refractivity contribution in [3.05, 3.63) is 64.8 Å². The summed E-state index contributed by atoms with van der Waals surface area (Å²) in [5.41, 5.74) is 3.51. The number of aliphatic hydroxyl groups excluding tert-OH is 1. The van der Waals surface area contributed by atoms with Crippen LogP contribution in [0.5, 0.6) is 5.75 Å². The lowest BCUT2D eigenvalue weighted by atomic mass is 10.0. The van der Waals surface area contributed by atoms with Crippen LogP contribution in [0.1, 0.15) is 61.0 Å². The topological polar surface area (TPSA) is 115 Å². The first-order valence-electron chi connectivity index (χ1n) is 12.0. The highest BCUT2D eigenvalue weighted by Crippen LogP contribution is 2.40. The van der Waals surface area contributed by atoms with Gasteiger partial charge in [0.05, 0.1) is 12.7 Å². The molecule has 2 aromatic carbocycles. The Morgan fingerprint density at radius 2 is 1.86 bits per heavy atom. The van der Waals surface area contributed by atoms with E-state index in [-0.39, 0.29) is 35.2 Å². The first kappa shape index (κ1) is 26.9. The fourth-order valence-electron chi connectivity index (χ4n) is 3.85. The Labute approximate surface area is 208 Å². The molecule has 5 N–H and O–H groups in total. The van der Waals surface area contributed by atoms with Crippen LogP contribution in [0, 0.1) is 0 Å². The highest BCUT2D eigenvalue weighted by molar-refractivity contribution is 6.74. The van der Waals surface area contributed by atoms with Crippen LogP contribution in [0.25, 0.3) is 10.9 Å². The molecule has 0 bridgehead atoms. The molecule has 0 aliphatic rings. The van der Waals surface area contributed by atoms with Gasteiger partial charge in [-0.3, -0.25) is 0 Å². The van der Waals surface area contributed by atoms with Crippen LogP contribution in [0.4, 0.5) is 0 Å². The highest BCUT2D eigenvalue weighted by Gasteiger charge is 2.39. The van der Waals surface area contributed by atoms with Gasteiger partial charge < -0.3 is 30.0 Å². The average Bonchev–Trinajstić information content (AvgIpc) is 3.20. The van der Waals surface area contributed by atoms with Crippen molar-refractivity contribution < 1.29 is 24.5 Å². The molecule has 0 saturated heterocycles. The summed E-state index contributed by atoms with van der Waals surface area (Å²) >= 11 is 0. The van der Waals surface area contributed by atoms with E-state index in [0.29, 0.717) is 12.1 Å². The van der Waals surface area contributed by atoms with Crippen molar-refractivity contribution in [2.75, 3.05) is 6.54 Å². The van der Waals surface area contributed by atoms with Crippen molar-refractivity contribution >= 4 is 25.2 Å². The van der Waals surface area contributed by atoms with Crippen LogP contribution in [0.15, 0.2) is 42.5 Å². The van der Waals surface area contributed by atoms with E-state index >= 15 is 0 Å². The monoisotopic (exact) mass is 498 g/mol. The SMILES string of the molecule is C[C@H](Cc1ccc2[nH]c(C(=O)O)cc2c1)NC[C@H](O[Si](C)(C)C(C)(C)C)c1ccc(O)c(CO)c1. The lowest BCUT2D eigenvalue weighted by Gasteiger charge is -2.40. The Hall–Kier alpha value is -2.65. The third-order valence-electron chi connectivity index (χ3n) is 7.00. The van der Waals surface area contributed by atoms with E-state index in [0.717, 1.165) is 28.5 Å². The van der Waals surface area contributed by atoms with E-state index in [1.807, 2.05) is 30.3 Å². The van der Waals surface area contributed by atoms with Gasteiger partial charge in [0.15, 0.2) is 8.32 Å². The zero-order valence-electron chi connectivity index (χ0n) is 21.5. The number of aromatic carboxylic acids is 1. The Bertz CT molecular complexity index is 1180. The maximum Gasteiger partial charge on any atom is 0.352 e. The molecule has 0 radical (unpaired) electrons. The number of aromatic hydroxyl groups is 1. The number of hydrogen-bond acceptors (Lipinski definition) is 5. The minimum absolute atomic E-state index is 0.0361. The predicted octanol–water partition coefficient (Wildman–Crippen LogP) is 5.35. The summed E-state index contributed by atoms with van der Waals surface area (Å²) in [6.45, 7) is 13.5. The molecule has 0 saturated carbocycles. The summed E-state index contributed by atoms with van der Waals surface area (Å²) in [5, 5.41) is 33.4. The molecule has 190 valence electrons. The van der Waals surface area contributed by atoms with Gasteiger partial charge in [0.1, 0.15) is 11.4 Å². The van der Waals surface area contributed by atoms with Crippen molar-refractivity contribution in [1.29, 1.82) is 0 Å². The first-order valence-corrected chi connectivity index (χ1v) is 14.9. The number of nitrogens with one attached hydrogen (secondary N) is 2. The van der Waals surface area contributed by atoms with Gasteiger partial charge in [-0.2, -0.15) is 0 Å². The van der Waals surface area contributed by atoms with Crippen LogP contribution in [0.2, 0.25) is 18.1 Å². The second kappa shape index (κ2) is 10.5. The molecule has 1 heterocycles. The highest BCUT2D eigenvalue weighted by atomic mass is 28.4. The number of benzene rings is 2. The maximum absolute atomic E-state index is 11.2. The molecule has 8 heteroatoms. The number of phenols is 1. The zero-order valence-corrected chi connectivity index (χ0v) is 22.5. The molecular weight excluding hydrogens is 460 g/mol. The van der Waals surface area contributed by atoms with Crippen molar-refractivity contribution in [3.8, 4) is 5.75 Å². The number of aromatic nitrogens is 1. The van der Waals surface area contributed by atoms with Crippen LogP contribution >= 0.6 is 0 Å². The fourth-order valence-corrected chi connectivity index (χ4v) is 5.13. The van der Waals surface area contributed by atoms with Crippen molar-refractivity contribution in [3.63, 3.8) is 0 Å². The number of aliphatic hydroxyl groups is 1. The van der Waals surface area contributed by atoms with Crippen LogP contribution in [0.3, 0.4) is 0 Å². The molecule has 0 aliphatic heterocycles. The predicted molar refractivity (Wildman–Crippen MR) is 141 cm³/mol. The minimum atomic E-state index is -2.09. The van der Waals surface area contributed by atoms with Gasteiger partial charge >= 0.3 is 5.97 Å². The number of aromatic amines is 1. The molecule has 35 heavy (non-hydrogen) atoms. The molecule has 0 fully saturated rings. The molecule has 1 aromatic heterocycles. The maximum atomic E-state index is 11.2. The van der Waals surface area contributed by atoms with Crippen molar-refractivity contribution in [2.24, 2.45) is 0 Å². The lowest BCUT2D eigenvalue weighted by molar-refractivity contribution is 0.0691. The summed E-state index contributed by atoms with van der Waals surface area (Å²) in [6, 6.07) is 13.0. The minimum Gasteiger partial charge on any atom is -0.508 e. The molecular formula is C27H38N2O5Si. The molecule has 0 amide bonds. The largest absolute Gasteiger partial charge is 0.508 e. The van der Waals surface area contributed by atoms with Gasteiger partial charge in [-0.15, -0.1) is 0 Å².